The van der Waals surface area contributed by atoms with Crippen molar-refractivity contribution in [3.05, 3.63) is 29.3 Å². The Morgan fingerprint density at radius 2 is 2.05 bits per heavy atom. The Morgan fingerprint density at radius 3 is 2.65 bits per heavy atom. The van der Waals surface area contributed by atoms with E-state index in [0.29, 0.717) is 24.2 Å². The molecule has 1 aliphatic rings. The lowest BCUT2D eigenvalue weighted by molar-refractivity contribution is -0.123. The summed E-state index contributed by atoms with van der Waals surface area (Å²) in [6.07, 6.45) is 1.10. The number of carbonyl (C=O) groups excluding carboxylic acids is 2. The Morgan fingerprint density at radius 1 is 1.35 bits per heavy atom. The minimum absolute atomic E-state index is 0.00137. The molecule has 2 amide bonds. The Labute approximate surface area is 117 Å². The summed E-state index contributed by atoms with van der Waals surface area (Å²) in [5, 5.41) is 2.64. The molecule has 1 aliphatic heterocycles. The second-order valence-electron chi connectivity index (χ2n) is 4.83. The lowest BCUT2D eigenvalue weighted by atomic mass is 10.1. The SMILES string of the molecule is Cc1ccc(S(C)(=O)=O)cc1C(=O)N1CCNC(=O)C1. The van der Waals surface area contributed by atoms with Gasteiger partial charge in [-0.1, -0.05) is 6.07 Å². The number of nitrogens with zero attached hydrogens (tertiary/aromatic N) is 1. The fourth-order valence-corrected chi connectivity index (χ4v) is 2.69. The maximum absolute atomic E-state index is 12.4. The second kappa shape index (κ2) is 5.24. The highest BCUT2D eigenvalue weighted by molar-refractivity contribution is 7.90. The third-order valence-corrected chi connectivity index (χ3v) is 4.30. The summed E-state index contributed by atoms with van der Waals surface area (Å²) < 4.78 is 23.1. The maximum Gasteiger partial charge on any atom is 0.254 e. The van der Waals surface area contributed by atoms with E-state index in [2.05, 4.69) is 5.32 Å². The fraction of sp³-hybridized carbons (Fsp3) is 0.385. The minimum Gasteiger partial charge on any atom is -0.353 e. The summed E-state index contributed by atoms with van der Waals surface area (Å²) in [7, 11) is -3.37. The number of amides is 2. The summed E-state index contributed by atoms with van der Waals surface area (Å²) in [6.45, 7) is 2.58. The van der Waals surface area contributed by atoms with Crippen molar-refractivity contribution in [2.75, 3.05) is 25.9 Å². The number of rotatable bonds is 2. The van der Waals surface area contributed by atoms with Gasteiger partial charge in [0.15, 0.2) is 9.84 Å². The van der Waals surface area contributed by atoms with Crippen LogP contribution in [0.2, 0.25) is 0 Å². The van der Waals surface area contributed by atoms with Crippen LogP contribution in [0.15, 0.2) is 23.1 Å². The van der Waals surface area contributed by atoms with Crippen molar-refractivity contribution in [2.45, 2.75) is 11.8 Å². The lowest BCUT2D eigenvalue weighted by Gasteiger charge is -2.27. The van der Waals surface area contributed by atoms with E-state index in [4.69, 9.17) is 0 Å². The Bertz CT molecular complexity index is 667. The molecule has 1 saturated heterocycles. The molecule has 0 atom stereocenters. The van der Waals surface area contributed by atoms with Gasteiger partial charge in [0.2, 0.25) is 5.91 Å². The molecule has 1 aromatic carbocycles. The third-order valence-electron chi connectivity index (χ3n) is 3.19. The van der Waals surface area contributed by atoms with E-state index >= 15 is 0 Å². The van der Waals surface area contributed by atoms with Gasteiger partial charge in [-0.25, -0.2) is 8.42 Å². The summed E-state index contributed by atoms with van der Waals surface area (Å²) in [6, 6.07) is 4.46. The van der Waals surface area contributed by atoms with Gasteiger partial charge in [0.1, 0.15) is 0 Å². The highest BCUT2D eigenvalue weighted by atomic mass is 32.2. The summed E-state index contributed by atoms with van der Waals surface area (Å²) in [4.78, 5) is 25.2. The number of carbonyl (C=O) groups is 2. The first-order chi connectivity index (χ1) is 9.29. The van der Waals surface area contributed by atoms with Crippen molar-refractivity contribution in [3.8, 4) is 0 Å². The minimum atomic E-state index is -3.37. The van der Waals surface area contributed by atoms with Gasteiger partial charge in [0, 0.05) is 24.9 Å². The summed E-state index contributed by atoms with van der Waals surface area (Å²) in [5.41, 5.74) is 1.01. The molecule has 1 fully saturated rings. The standard InChI is InChI=1S/C13H16N2O4S/c1-9-3-4-10(20(2,18)19)7-11(9)13(17)15-6-5-14-12(16)8-15/h3-4,7H,5-6,8H2,1-2H3,(H,14,16). The van der Waals surface area contributed by atoms with Crippen LogP contribution in [0.1, 0.15) is 15.9 Å². The van der Waals surface area contributed by atoms with Crippen molar-refractivity contribution >= 4 is 21.7 Å². The van der Waals surface area contributed by atoms with E-state index < -0.39 is 9.84 Å². The predicted octanol–water partition coefficient (Wildman–Crippen LogP) is -0.0295. The first-order valence-corrected chi connectivity index (χ1v) is 8.05. The molecule has 1 aromatic rings. The average Bonchev–Trinajstić information content (AvgIpc) is 2.37. The highest BCUT2D eigenvalue weighted by Gasteiger charge is 2.24. The van der Waals surface area contributed by atoms with Crippen LogP contribution in [0.3, 0.4) is 0 Å². The van der Waals surface area contributed by atoms with Crippen LogP contribution < -0.4 is 5.32 Å². The molecular formula is C13H16N2O4S. The van der Waals surface area contributed by atoms with E-state index in [9.17, 15) is 18.0 Å². The molecule has 0 aromatic heterocycles. The van der Waals surface area contributed by atoms with Crippen LogP contribution in [0.5, 0.6) is 0 Å². The van der Waals surface area contributed by atoms with Gasteiger partial charge in [-0.2, -0.15) is 0 Å². The molecule has 0 aliphatic carbocycles. The van der Waals surface area contributed by atoms with Gasteiger partial charge in [-0.15, -0.1) is 0 Å². The van der Waals surface area contributed by atoms with E-state index in [-0.39, 0.29) is 23.3 Å². The Kier molecular flexibility index (Phi) is 3.80. The molecule has 20 heavy (non-hydrogen) atoms. The van der Waals surface area contributed by atoms with Crippen LogP contribution >= 0.6 is 0 Å². The normalized spacial score (nSPS) is 15.9. The molecule has 2 rings (SSSR count). The molecule has 6 nitrogen and oxygen atoms in total. The van der Waals surface area contributed by atoms with Crippen LogP contribution in [-0.4, -0.2) is 51.0 Å². The smallest absolute Gasteiger partial charge is 0.254 e. The number of hydrogen-bond donors (Lipinski definition) is 1. The molecule has 1 heterocycles. The van der Waals surface area contributed by atoms with E-state index in [1.165, 1.54) is 17.0 Å². The molecule has 0 spiro atoms. The lowest BCUT2D eigenvalue weighted by Crippen LogP contribution is -2.50. The van der Waals surface area contributed by atoms with E-state index in [1.54, 1.807) is 13.0 Å². The van der Waals surface area contributed by atoms with Gasteiger partial charge in [0.05, 0.1) is 11.4 Å². The van der Waals surface area contributed by atoms with Gasteiger partial charge < -0.3 is 10.2 Å². The number of piperazine rings is 1. The zero-order valence-corrected chi connectivity index (χ0v) is 12.2. The van der Waals surface area contributed by atoms with Gasteiger partial charge in [-0.3, -0.25) is 9.59 Å². The molecule has 0 saturated carbocycles. The summed E-state index contributed by atoms with van der Waals surface area (Å²) >= 11 is 0. The van der Waals surface area contributed by atoms with Crippen molar-refractivity contribution in [2.24, 2.45) is 0 Å². The van der Waals surface area contributed by atoms with Crippen molar-refractivity contribution in [1.82, 2.24) is 10.2 Å². The van der Waals surface area contributed by atoms with Crippen molar-refractivity contribution in [1.29, 1.82) is 0 Å². The zero-order valence-electron chi connectivity index (χ0n) is 11.3. The number of hydrogen-bond acceptors (Lipinski definition) is 4. The van der Waals surface area contributed by atoms with Gasteiger partial charge >= 0.3 is 0 Å². The topological polar surface area (TPSA) is 83.6 Å². The summed E-state index contributed by atoms with van der Waals surface area (Å²) in [5.74, 6) is -0.524. The first kappa shape index (κ1) is 14.5. The molecular weight excluding hydrogens is 280 g/mol. The fourth-order valence-electron chi connectivity index (χ4n) is 2.04. The molecule has 1 N–H and O–H groups in total. The molecule has 7 heteroatoms. The van der Waals surface area contributed by atoms with Crippen LogP contribution in [0.4, 0.5) is 0 Å². The number of benzene rings is 1. The Balaban J connectivity index is 2.36. The number of aryl methyl sites for hydroxylation is 1. The molecule has 0 radical (unpaired) electrons. The quantitative estimate of drug-likeness (QED) is 0.831. The van der Waals surface area contributed by atoms with Crippen LogP contribution in [-0.2, 0) is 14.6 Å². The highest BCUT2D eigenvalue weighted by Crippen LogP contribution is 2.17. The molecule has 0 bridgehead atoms. The maximum atomic E-state index is 12.4. The monoisotopic (exact) mass is 296 g/mol. The zero-order chi connectivity index (χ0) is 14.9. The van der Waals surface area contributed by atoms with Gasteiger partial charge in [0.25, 0.3) is 5.91 Å². The molecule has 0 unspecified atom stereocenters. The number of sulfone groups is 1. The van der Waals surface area contributed by atoms with Crippen molar-refractivity contribution < 1.29 is 18.0 Å². The third kappa shape index (κ3) is 2.98. The predicted molar refractivity (Wildman–Crippen MR) is 73.2 cm³/mol. The average molecular weight is 296 g/mol. The van der Waals surface area contributed by atoms with Crippen molar-refractivity contribution in [3.63, 3.8) is 0 Å². The largest absolute Gasteiger partial charge is 0.353 e. The van der Waals surface area contributed by atoms with Crippen LogP contribution in [0.25, 0.3) is 0 Å². The van der Waals surface area contributed by atoms with Gasteiger partial charge in [-0.05, 0) is 24.6 Å². The van der Waals surface area contributed by atoms with E-state index in [1.807, 2.05) is 0 Å². The van der Waals surface area contributed by atoms with E-state index in [0.717, 1.165) is 6.26 Å². The molecule has 108 valence electrons. The second-order valence-corrected chi connectivity index (χ2v) is 6.84. The first-order valence-electron chi connectivity index (χ1n) is 6.16. The Hall–Kier alpha value is -1.89. The van der Waals surface area contributed by atoms with Crippen LogP contribution in [0, 0.1) is 6.92 Å². The number of nitrogens with one attached hydrogen (secondary N) is 1.